The highest BCUT2D eigenvalue weighted by Crippen LogP contribution is 2.31. The van der Waals surface area contributed by atoms with E-state index >= 15 is 0 Å². The number of nitrogens with zero attached hydrogens (tertiary/aromatic N) is 7. The molecule has 0 aliphatic carbocycles. The number of carbonyl (C=O) groups excluding carboxylic acids is 2. The fourth-order valence-electron chi connectivity index (χ4n) is 4.64. The van der Waals surface area contributed by atoms with E-state index in [1.165, 1.54) is 23.4 Å². The highest BCUT2D eigenvalue weighted by atomic mass is 19.4. The largest absolute Gasteiger partial charge is 0.408 e. The molecule has 4 aromatic rings. The zero-order valence-corrected chi connectivity index (χ0v) is 20.5. The summed E-state index contributed by atoms with van der Waals surface area (Å²) >= 11 is 0. The zero-order chi connectivity index (χ0) is 26.3. The molecular formula is C25H26F3N7O2. The van der Waals surface area contributed by atoms with E-state index in [-0.39, 0.29) is 28.7 Å². The van der Waals surface area contributed by atoms with Crippen molar-refractivity contribution < 1.29 is 22.8 Å². The highest BCUT2D eigenvalue weighted by molar-refractivity contribution is 5.99. The molecule has 5 rings (SSSR count). The van der Waals surface area contributed by atoms with Crippen molar-refractivity contribution >= 4 is 28.4 Å². The van der Waals surface area contributed by atoms with Gasteiger partial charge >= 0.3 is 6.18 Å². The molecule has 0 aromatic carbocycles. The average Bonchev–Trinajstić information content (AvgIpc) is 3.30. The number of pyridine rings is 2. The van der Waals surface area contributed by atoms with Gasteiger partial charge in [0.2, 0.25) is 0 Å². The Morgan fingerprint density at radius 1 is 1.03 bits per heavy atom. The maximum absolute atomic E-state index is 13.5. The molecule has 12 heteroatoms. The molecule has 0 saturated carbocycles. The van der Waals surface area contributed by atoms with E-state index in [1.54, 1.807) is 41.7 Å². The number of hydrogen-bond acceptors (Lipinski definition) is 5. The molecule has 0 unspecified atom stereocenters. The van der Waals surface area contributed by atoms with Crippen LogP contribution in [0.3, 0.4) is 0 Å². The maximum Gasteiger partial charge on any atom is 0.408 e. The van der Waals surface area contributed by atoms with Gasteiger partial charge in [-0.15, -0.1) is 0 Å². The molecule has 0 atom stereocenters. The molecule has 194 valence electrons. The summed E-state index contributed by atoms with van der Waals surface area (Å²) in [5.41, 5.74) is 1.76. The minimum Gasteiger partial charge on any atom is -0.345 e. The van der Waals surface area contributed by atoms with Crippen LogP contribution in [0.15, 0.2) is 36.8 Å². The molecule has 1 aliphatic rings. The topological polar surface area (TPSA) is 88.6 Å². The average molecular weight is 514 g/mol. The van der Waals surface area contributed by atoms with E-state index in [9.17, 15) is 22.8 Å². The van der Waals surface area contributed by atoms with Crippen molar-refractivity contribution in [2.45, 2.75) is 38.4 Å². The van der Waals surface area contributed by atoms with Gasteiger partial charge in [-0.2, -0.15) is 18.3 Å². The predicted octanol–water partition coefficient (Wildman–Crippen LogP) is 4.03. The Hall–Kier alpha value is -3.96. The van der Waals surface area contributed by atoms with Crippen molar-refractivity contribution in [2.24, 2.45) is 0 Å². The predicted molar refractivity (Wildman–Crippen MR) is 130 cm³/mol. The number of aromatic nitrogens is 5. The van der Waals surface area contributed by atoms with E-state index in [1.807, 2.05) is 0 Å². The van der Waals surface area contributed by atoms with Gasteiger partial charge in [-0.05, 0) is 31.0 Å². The van der Waals surface area contributed by atoms with E-state index in [2.05, 4.69) is 15.1 Å². The van der Waals surface area contributed by atoms with Crippen molar-refractivity contribution in [1.82, 2.24) is 33.9 Å². The quantitative estimate of drug-likeness (QED) is 0.411. The maximum atomic E-state index is 13.5. The monoisotopic (exact) mass is 513 g/mol. The molecular weight excluding hydrogens is 487 g/mol. The number of carbonyl (C=O) groups is 2. The van der Waals surface area contributed by atoms with Crippen LogP contribution < -0.4 is 0 Å². The smallest absolute Gasteiger partial charge is 0.345 e. The van der Waals surface area contributed by atoms with Crippen LogP contribution >= 0.6 is 0 Å². The lowest BCUT2D eigenvalue weighted by atomic mass is 10.2. The molecule has 0 spiro atoms. The van der Waals surface area contributed by atoms with Crippen LogP contribution in [0.2, 0.25) is 0 Å². The third kappa shape index (κ3) is 4.87. The second kappa shape index (κ2) is 9.49. The van der Waals surface area contributed by atoms with Gasteiger partial charge < -0.3 is 9.80 Å². The molecule has 0 radical (unpaired) electrons. The van der Waals surface area contributed by atoms with Crippen LogP contribution in [0.4, 0.5) is 13.2 Å². The summed E-state index contributed by atoms with van der Waals surface area (Å²) in [6, 6.07) is 4.68. The number of halogens is 3. The van der Waals surface area contributed by atoms with Crippen molar-refractivity contribution in [3.05, 3.63) is 48.0 Å². The summed E-state index contributed by atoms with van der Waals surface area (Å²) in [6.07, 6.45) is 3.79. The molecule has 0 N–H and O–H groups in total. The number of imidazole rings is 1. The Morgan fingerprint density at radius 3 is 2.43 bits per heavy atom. The summed E-state index contributed by atoms with van der Waals surface area (Å²) in [5.74, 6) is -0.529. The Balaban J connectivity index is 1.63. The van der Waals surface area contributed by atoms with Gasteiger partial charge in [-0.3, -0.25) is 23.7 Å². The van der Waals surface area contributed by atoms with Crippen LogP contribution in [-0.2, 0) is 6.54 Å². The van der Waals surface area contributed by atoms with Crippen LogP contribution in [0.25, 0.3) is 27.9 Å². The van der Waals surface area contributed by atoms with E-state index < -0.39 is 12.7 Å². The number of likely N-dealkylation sites (tertiary alicyclic amines) is 1. The minimum absolute atomic E-state index is 0.0845. The number of fused-ring (bicyclic) bond motifs is 2. The Labute approximate surface area is 210 Å². The third-order valence-corrected chi connectivity index (χ3v) is 6.48. The lowest BCUT2D eigenvalue weighted by Gasteiger charge is -2.19. The Bertz CT molecular complexity index is 1480. The lowest BCUT2D eigenvalue weighted by Crippen LogP contribution is -2.32. The molecule has 5 heterocycles. The number of amides is 2. The van der Waals surface area contributed by atoms with Gasteiger partial charge in [0.25, 0.3) is 11.8 Å². The first-order chi connectivity index (χ1) is 17.6. The molecule has 2 amide bonds. The van der Waals surface area contributed by atoms with Gasteiger partial charge in [0.1, 0.15) is 23.6 Å². The molecule has 4 aromatic heterocycles. The number of alkyl halides is 3. The molecule has 0 bridgehead atoms. The Kier molecular flexibility index (Phi) is 6.34. The summed E-state index contributed by atoms with van der Waals surface area (Å²) in [5, 5.41) is 4.63. The van der Waals surface area contributed by atoms with Crippen LogP contribution in [0.5, 0.6) is 0 Å². The first-order valence-electron chi connectivity index (χ1n) is 12.0. The van der Waals surface area contributed by atoms with E-state index in [4.69, 9.17) is 0 Å². The van der Waals surface area contributed by atoms with Crippen molar-refractivity contribution in [2.75, 3.05) is 27.2 Å². The summed E-state index contributed by atoms with van der Waals surface area (Å²) in [7, 11) is 3.26. The molecule has 1 saturated heterocycles. The molecule has 37 heavy (non-hydrogen) atoms. The van der Waals surface area contributed by atoms with Crippen LogP contribution in [-0.4, -0.2) is 79.1 Å². The zero-order valence-electron chi connectivity index (χ0n) is 20.5. The third-order valence-electron chi connectivity index (χ3n) is 6.48. The summed E-state index contributed by atoms with van der Waals surface area (Å²) < 4.78 is 42.9. The fourth-order valence-corrected chi connectivity index (χ4v) is 4.64. The van der Waals surface area contributed by atoms with Crippen molar-refractivity contribution in [1.29, 1.82) is 0 Å². The second-order valence-electron chi connectivity index (χ2n) is 9.40. The number of rotatable bonds is 4. The summed E-state index contributed by atoms with van der Waals surface area (Å²) in [6.45, 7) is -0.130. The van der Waals surface area contributed by atoms with Gasteiger partial charge in [-0.1, -0.05) is 12.8 Å². The molecule has 1 fully saturated rings. The SMILES string of the molecule is CN(C)C(=O)c1ccc2ncc(-c3nn(CC(F)(F)F)c4cc(C(=O)N5CCCCCC5)ncc34)n2c1. The first-order valence-corrected chi connectivity index (χ1v) is 12.0. The van der Waals surface area contributed by atoms with Gasteiger partial charge in [0.05, 0.1) is 23.0 Å². The first kappa shape index (κ1) is 24.7. The lowest BCUT2D eigenvalue weighted by molar-refractivity contribution is -0.141. The minimum atomic E-state index is -4.53. The van der Waals surface area contributed by atoms with Crippen LogP contribution in [0, 0.1) is 0 Å². The normalized spacial score (nSPS) is 14.8. The van der Waals surface area contributed by atoms with Crippen molar-refractivity contribution in [3.8, 4) is 11.4 Å². The van der Waals surface area contributed by atoms with Crippen molar-refractivity contribution in [3.63, 3.8) is 0 Å². The fraction of sp³-hybridized carbons (Fsp3) is 0.400. The number of hydrogen-bond donors (Lipinski definition) is 0. The molecule has 9 nitrogen and oxygen atoms in total. The van der Waals surface area contributed by atoms with Gasteiger partial charge in [0.15, 0.2) is 0 Å². The Morgan fingerprint density at radius 2 is 1.76 bits per heavy atom. The van der Waals surface area contributed by atoms with Crippen LogP contribution in [0.1, 0.15) is 46.5 Å². The molecule has 1 aliphatic heterocycles. The summed E-state index contributed by atoms with van der Waals surface area (Å²) in [4.78, 5) is 37.4. The van der Waals surface area contributed by atoms with E-state index in [0.717, 1.165) is 30.4 Å². The van der Waals surface area contributed by atoms with Gasteiger partial charge in [-0.25, -0.2) is 4.98 Å². The standard InChI is InChI=1S/C25H26F3N7O2/c1-32(2)23(36)16-7-8-21-30-13-20(34(21)14-16)22-17-12-29-18(24(37)33-9-5-3-4-6-10-33)11-19(17)35(31-22)15-25(26,27)28/h7-8,11-14H,3-6,9-10,15H2,1-2H3. The second-order valence-corrected chi connectivity index (χ2v) is 9.40. The van der Waals surface area contributed by atoms with Gasteiger partial charge in [0, 0.05) is 45.0 Å². The van der Waals surface area contributed by atoms with E-state index in [0.29, 0.717) is 35.4 Å². The highest BCUT2D eigenvalue weighted by Gasteiger charge is 2.31.